The predicted octanol–water partition coefficient (Wildman–Crippen LogP) is 6.86. The molecule has 3 heterocycles. The Morgan fingerprint density at radius 3 is 2.75 bits per heavy atom. The molecule has 5 aromatic rings. The first-order valence-corrected chi connectivity index (χ1v) is 14.8. The molecule has 40 heavy (non-hydrogen) atoms. The average molecular weight is 635 g/mol. The topological polar surface area (TPSA) is 81.4 Å². The molecule has 1 aliphatic rings. The van der Waals surface area contributed by atoms with Crippen molar-refractivity contribution in [2.45, 2.75) is 25.8 Å². The van der Waals surface area contributed by atoms with E-state index in [0.717, 1.165) is 39.2 Å². The van der Waals surface area contributed by atoms with Gasteiger partial charge in [-0.1, -0.05) is 45.7 Å². The number of halogens is 2. The van der Waals surface area contributed by atoms with Crippen molar-refractivity contribution in [3.8, 4) is 11.4 Å². The molecule has 0 spiro atoms. The second-order valence-corrected chi connectivity index (χ2v) is 11.8. The summed E-state index contributed by atoms with van der Waals surface area (Å²) in [5.74, 6) is 1.95. The fourth-order valence-electron chi connectivity index (χ4n) is 5.01. The second-order valence-electron chi connectivity index (χ2n) is 9.53. The van der Waals surface area contributed by atoms with E-state index >= 15 is 0 Å². The number of rotatable bonds is 7. The SMILES string of the molecule is COc1ccc2c(c1)C(c1ccc(Cl)cc1)=N[C@@H](CC(=O)NCCc1csc3cc(Br)ccc13)c1nnc(C)n1-2. The molecule has 6 rings (SSSR count). The van der Waals surface area contributed by atoms with Gasteiger partial charge >= 0.3 is 0 Å². The molecule has 1 aliphatic heterocycles. The number of aliphatic imine (C=N–C) groups is 1. The van der Waals surface area contributed by atoms with Crippen LogP contribution in [0.5, 0.6) is 5.75 Å². The summed E-state index contributed by atoms with van der Waals surface area (Å²) in [6.45, 7) is 2.43. The first-order valence-electron chi connectivity index (χ1n) is 12.8. The molecule has 0 radical (unpaired) electrons. The Labute approximate surface area is 249 Å². The molecule has 2 aromatic heterocycles. The third kappa shape index (κ3) is 5.16. The van der Waals surface area contributed by atoms with Crippen molar-refractivity contribution in [2.75, 3.05) is 13.7 Å². The van der Waals surface area contributed by atoms with Crippen LogP contribution in [-0.2, 0) is 11.2 Å². The van der Waals surface area contributed by atoms with Gasteiger partial charge in [0.25, 0.3) is 0 Å². The summed E-state index contributed by atoms with van der Waals surface area (Å²) < 4.78 is 9.81. The van der Waals surface area contributed by atoms with E-state index in [2.05, 4.69) is 49.0 Å². The summed E-state index contributed by atoms with van der Waals surface area (Å²) >= 11 is 11.4. The lowest BCUT2D eigenvalue weighted by molar-refractivity contribution is -0.121. The molecule has 1 amide bonds. The van der Waals surface area contributed by atoms with Crippen LogP contribution in [0.4, 0.5) is 0 Å². The third-order valence-corrected chi connectivity index (χ3v) is 8.70. The fraction of sp³-hybridized carbons (Fsp3) is 0.200. The molecule has 0 fully saturated rings. The molecule has 202 valence electrons. The molecule has 3 aromatic carbocycles. The van der Waals surface area contributed by atoms with E-state index in [-0.39, 0.29) is 12.3 Å². The summed E-state index contributed by atoms with van der Waals surface area (Å²) in [5.41, 5.74) is 4.60. The Bertz CT molecular complexity index is 1760. The standard InChI is InChI=1S/C30H25BrClN5O2S/c1-17-35-36-30-25(15-28(38)33-12-11-19-16-40-27-13-20(31)5-9-23(19)27)34-29(18-3-6-21(32)7-4-18)24-14-22(39-2)8-10-26(24)37(17)30/h3-10,13-14,16,25H,11-12,15H2,1-2H3,(H,33,38)/t25-/m0/s1. The highest BCUT2D eigenvalue weighted by molar-refractivity contribution is 9.10. The minimum absolute atomic E-state index is 0.0952. The highest BCUT2D eigenvalue weighted by Crippen LogP contribution is 2.34. The average Bonchev–Trinajstić information content (AvgIpc) is 3.50. The van der Waals surface area contributed by atoms with Gasteiger partial charge in [0.2, 0.25) is 5.91 Å². The number of methoxy groups -OCH3 is 1. The van der Waals surface area contributed by atoms with Crippen molar-refractivity contribution >= 4 is 60.6 Å². The Morgan fingerprint density at radius 2 is 1.95 bits per heavy atom. The lowest BCUT2D eigenvalue weighted by atomic mass is 10.00. The number of hydrogen-bond acceptors (Lipinski definition) is 6. The number of thiophene rings is 1. The van der Waals surface area contributed by atoms with E-state index < -0.39 is 6.04 Å². The van der Waals surface area contributed by atoms with Crippen LogP contribution in [-0.4, -0.2) is 40.0 Å². The van der Waals surface area contributed by atoms with Crippen molar-refractivity contribution in [3.05, 3.63) is 104 Å². The Kier molecular flexibility index (Phi) is 7.44. The molecule has 0 unspecified atom stereocenters. The monoisotopic (exact) mass is 633 g/mol. The number of aromatic nitrogens is 3. The summed E-state index contributed by atoms with van der Waals surface area (Å²) in [4.78, 5) is 18.4. The van der Waals surface area contributed by atoms with E-state index in [9.17, 15) is 4.79 Å². The normalized spacial score (nSPS) is 14.3. The van der Waals surface area contributed by atoms with Gasteiger partial charge in [0, 0.05) is 31.9 Å². The predicted molar refractivity (Wildman–Crippen MR) is 163 cm³/mol. The Morgan fingerprint density at radius 1 is 1.12 bits per heavy atom. The highest BCUT2D eigenvalue weighted by atomic mass is 79.9. The zero-order valence-corrected chi connectivity index (χ0v) is 25.0. The van der Waals surface area contributed by atoms with Crippen LogP contribution < -0.4 is 10.1 Å². The van der Waals surface area contributed by atoms with Gasteiger partial charge in [0.15, 0.2) is 5.82 Å². The van der Waals surface area contributed by atoms with E-state index in [1.807, 2.05) is 60.0 Å². The molecular formula is C30H25BrClN5O2S. The number of amides is 1. The summed E-state index contributed by atoms with van der Waals surface area (Å²) in [6.07, 6.45) is 0.884. The number of aryl methyl sites for hydroxylation is 1. The van der Waals surface area contributed by atoms with Crippen LogP contribution in [0.1, 0.15) is 40.8 Å². The zero-order chi connectivity index (χ0) is 27.8. The summed E-state index contributed by atoms with van der Waals surface area (Å²) in [7, 11) is 1.64. The number of nitrogens with zero attached hydrogens (tertiary/aromatic N) is 4. The van der Waals surface area contributed by atoms with Gasteiger partial charge in [-0.3, -0.25) is 14.4 Å². The lowest BCUT2D eigenvalue weighted by Gasteiger charge is -2.14. The van der Waals surface area contributed by atoms with Gasteiger partial charge in [-0.2, -0.15) is 0 Å². The van der Waals surface area contributed by atoms with Crippen LogP contribution in [0.15, 0.2) is 75.5 Å². The molecular weight excluding hydrogens is 610 g/mol. The maximum absolute atomic E-state index is 13.3. The summed E-state index contributed by atoms with van der Waals surface area (Å²) in [6, 6.07) is 19.1. The van der Waals surface area contributed by atoms with Crippen molar-refractivity contribution in [1.82, 2.24) is 20.1 Å². The van der Waals surface area contributed by atoms with Gasteiger partial charge in [-0.15, -0.1) is 21.5 Å². The number of nitrogens with one attached hydrogen (secondary N) is 1. The number of fused-ring (bicyclic) bond motifs is 4. The Balaban J connectivity index is 1.30. The van der Waals surface area contributed by atoms with Crippen molar-refractivity contribution in [3.63, 3.8) is 0 Å². The third-order valence-electron chi connectivity index (χ3n) is 6.96. The van der Waals surface area contributed by atoms with Gasteiger partial charge in [-0.25, -0.2) is 0 Å². The van der Waals surface area contributed by atoms with Gasteiger partial charge in [0.05, 0.1) is 24.9 Å². The molecule has 0 bridgehead atoms. The van der Waals surface area contributed by atoms with Gasteiger partial charge in [-0.05, 0) is 72.1 Å². The maximum Gasteiger partial charge on any atom is 0.222 e. The Hall–Kier alpha value is -3.53. The van der Waals surface area contributed by atoms with Crippen LogP contribution in [0.2, 0.25) is 5.02 Å². The van der Waals surface area contributed by atoms with E-state index in [4.69, 9.17) is 21.3 Å². The first-order chi connectivity index (χ1) is 19.4. The largest absolute Gasteiger partial charge is 0.497 e. The van der Waals surface area contributed by atoms with E-state index in [0.29, 0.717) is 23.1 Å². The van der Waals surface area contributed by atoms with Crippen LogP contribution >= 0.6 is 38.9 Å². The van der Waals surface area contributed by atoms with E-state index in [1.165, 1.54) is 15.6 Å². The first kappa shape index (κ1) is 26.7. The number of ether oxygens (including phenoxy) is 1. The minimum atomic E-state index is -0.537. The van der Waals surface area contributed by atoms with Crippen molar-refractivity contribution < 1.29 is 9.53 Å². The van der Waals surface area contributed by atoms with E-state index in [1.54, 1.807) is 18.4 Å². The molecule has 10 heteroatoms. The minimum Gasteiger partial charge on any atom is -0.497 e. The summed E-state index contributed by atoms with van der Waals surface area (Å²) in [5, 5.41) is 15.9. The van der Waals surface area contributed by atoms with Crippen molar-refractivity contribution in [1.29, 1.82) is 0 Å². The molecule has 1 N–H and O–H groups in total. The van der Waals surface area contributed by atoms with Crippen molar-refractivity contribution in [2.24, 2.45) is 4.99 Å². The molecule has 0 saturated heterocycles. The molecule has 1 atom stereocenters. The second kappa shape index (κ2) is 11.2. The number of hydrogen-bond donors (Lipinski definition) is 1. The molecule has 0 aliphatic carbocycles. The number of carbonyl (C=O) groups is 1. The maximum atomic E-state index is 13.3. The number of benzene rings is 3. The molecule has 7 nitrogen and oxygen atoms in total. The van der Waals surface area contributed by atoms with Crippen LogP contribution in [0.25, 0.3) is 15.8 Å². The van der Waals surface area contributed by atoms with Crippen LogP contribution in [0.3, 0.4) is 0 Å². The quantitative estimate of drug-likeness (QED) is 0.212. The van der Waals surface area contributed by atoms with Gasteiger partial charge < -0.3 is 10.1 Å². The molecule has 0 saturated carbocycles. The van der Waals surface area contributed by atoms with Crippen LogP contribution in [0, 0.1) is 6.92 Å². The fourth-order valence-corrected chi connectivity index (χ4v) is 6.69. The lowest BCUT2D eigenvalue weighted by Crippen LogP contribution is -2.27. The smallest absolute Gasteiger partial charge is 0.222 e. The van der Waals surface area contributed by atoms with Gasteiger partial charge in [0.1, 0.15) is 17.6 Å². The number of carbonyl (C=O) groups excluding carboxylic acids is 1. The zero-order valence-electron chi connectivity index (χ0n) is 21.8. The highest BCUT2D eigenvalue weighted by Gasteiger charge is 2.30.